The van der Waals surface area contributed by atoms with Gasteiger partial charge in [0.25, 0.3) is 25.7 Å². The van der Waals surface area contributed by atoms with E-state index in [2.05, 4.69) is 9.44 Å². The van der Waals surface area contributed by atoms with Crippen LogP contribution >= 0.6 is 0 Å². The van der Waals surface area contributed by atoms with Crippen LogP contribution in [-0.2, 0) is 20.0 Å². The van der Waals surface area contributed by atoms with E-state index >= 15 is 0 Å². The van der Waals surface area contributed by atoms with E-state index in [0.717, 1.165) is 11.6 Å². The molecule has 33 heavy (non-hydrogen) atoms. The van der Waals surface area contributed by atoms with Crippen LogP contribution in [0.4, 0.5) is 17.1 Å². The first kappa shape index (κ1) is 24.2. The van der Waals surface area contributed by atoms with E-state index in [1.807, 2.05) is 6.92 Å². The molecule has 0 aliphatic carbocycles. The molecule has 0 unspecified atom stereocenters. The van der Waals surface area contributed by atoms with Gasteiger partial charge in [0.15, 0.2) is 0 Å². The van der Waals surface area contributed by atoms with Crippen molar-refractivity contribution in [1.82, 2.24) is 0 Å². The van der Waals surface area contributed by atoms with Gasteiger partial charge >= 0.3 is 0 Å². The van der Waals surface area contributed by atoms with Crippen LogP contribution in [0.15, 0.2) is 64.4 Å². The highest BCUT2D eigenvalue weighted by Crippen LogP contribution is 2.29. The maximum Gasteiger partial charge on any atom is 0.269 e. The largest absolute Gasteiger partial charge is 0.279 e. The second kappa shape index (κ2) is 8.83. The first-order valence-corrected chi connectivity index (χ1v) is 12.8. The van der Waals surface area contributed by atoms with Crippen LogP contribution in [0.2, 0.25) is 0 Å². The van der Waals surface area contributed by atoms with E-state index < -0.39 is 25.0 Å². The monoisotopic (exact) mass is 489 g/mol. The average Bonchev–Trinajstić information content (AvgIpc) is 2.71. The molecule has 3 rings (SSSR count). The molecule has 0 fully saturated rings. The fraction of sp³-hybridized carbons (Fsp3) is 0.182. The lowest BCUT2D eigenvalue weighted by Crippen LogP contribution is -2.17. The van der Waals surface area contributed by atoms with Crippen molar-refractivity contribution < 1.29 is 21.8 Å². The van der Waals surface area contributed by atoms with Crippen molar-refractivity contribution in [3.8, 4) is 0 Å². The second-order valence-corrected chi connectivity index (χ2v) is 11.0. The smallest absolute Gasteiger partial charge is 0.269 e. The van der Waals surface area contributed by atoms with Crippen LogP contribution < -0.4 is 9.44 Å². The predicted molar refractivity (Wildman–Crippen MR) is 127 cm³/mol. The molecule has 0 aliphatic rings. The Morgan fingerprint density at radius 1 is 0.697 bits per heavy atom. The summed E-state index contributed by atoms with van der Waals surface area (Å²) in [5.41, 5.74) is 2.55. The molecule has 174 valence electrons. The van der Waals surface area contributed by atoms with E-state index in [0.29, 0.717) is 16.8 Å². The molecule has 0 aliphatic heterocycles. The normalized spacial score (nSPS) is 11.8. The van der Waals surface area contributed by atoms with Crippen molar-refractivity contribution in [3.05, 3.63) is 87.0 Å². The second-order valence-electron chi connectivity index (χ2n) is 7.71. The number of rotatable bonds is 7. The SMILES string of the molecule is Cc1ccc(S(=O)(=O)Nc2cc(C)c(NS(=O)(=O)c3ccc([N+](=O)[O-])cc3C)cc2C)cc1. The van der Waals surface area contributed by atoms with E-state index in [-0.39, 0.29) is 26.7 Å². The van der Waals surface area contributed by atoms with Gasteiger partial charge in [-0.2, -0.15) is 0 Å². The van der Waals surface area contributed by atoms with Crippen molar-refractivity contribution in [2.45, 2.75) is 37.5 Å². The number of nitro groups is 1. The van der Waals surface area contributed by atoms with Gasteiger partial charge in [0.1, 0.15) is 0 Å². The molecule has 0 saturated carbocycles. The Hall–Kier alpha value is -3.44. The Labute approximate surface area is 192 Å². The summed E-state index contributed by atoms with van der Waals surface area (Å²) in [6.45, 7) is 6.63. The van der Waals surface area contributed by atoms with Gasteiger partial charge in [-0.05, 0) is 74.7 Å². The van der Waals surface area contributed by atoms with Crippen molar-refractivity contribution >= 4 is 37.1 Å². The van der Waals surface area contributed by atoms with E-state index in [9.17, 15) is 26.9 Å². The summed E-state index contributed by atoms with van der Waals surface area (Å²) < 4.78 is 56.3. The number of benzene rings is 3. The fourth-order valence-electron chi connectivity index (χ4n) is 3.21. The number of hydrogen-bond acceptors (Lipinski definition) is 6. The minimum absolute atomic E-state index is 0.0886. The Morgan fingerprint density at radius 2 is 1.21 bits per heavy atom. The number of hydrogen-bond donors (Lipinski definition) is 2. The standard InChI is InChI=1S/C22H23N3O6S2/c1-14-5-8-19(9-6-14)32(28,29)23-20-12-16(3)21(13-15(20)2)24-33(30,31)22-10-7-18(25(26)27)11-17(22)4/h5-13,23-24H,1-4H3. The van der Waals surface area contributed by atoms with Crippen LogP contribution in [0.3, 0.4) is 0 Å². The molecule has 3 aromatic carbocycles. The highest BCUT2D eigenvalue weighted by atomic mass is 32.2. The lowest BCUT2D eigenvalue weighted by Gasteiger charge is -2.16. The molecular formula is C22H23N3O6S2. The molecule has 0 radical (unpaired) electrons. The van der Waals surface area contributed by atoms with Crippen LogP contribution in [-0.4, -0.2) is 21.8 Å². The van der Waals surface area contributed by atoms with Crippen LogP contribution in [0.25, 0.3) is 0 Å². The number of nitro benzene ring substituents is 1. The molecule has 0 atom stereocenters. The molecule has 9 nitrogen and oxygen atoms in total. The molecular weight excluding hydrogens is 466 g/mol. The van der Waals surface area contributed by atoms with Gasteiger partial charge in [-0.25, -0.2) is 16.8 Å². The van der Waals surface area contributed by atoms with Crippen LogP contribution in [0, 0.1) is 37.8 Å². The molecule has 0 bridgehead atoms. The molecule has 0 amide bonds. The van der Waals surface area contributed by atoms with Gasteiger partial charge in [-0.15, -0.1) is 0 Å². The topological polar surface area (TPSA) is 135 Å². The van der Waals surface area contributed by atoms with Crippen molar-refractivity contribution in [2.75, 3.05) is 9.44 Å². The third-order valence-electron chi connectivity index (χ3n) is 5.05. The summed E-state index contributed by atoms with van der Waals surface area (Å²) in [7, 11) is -7.85. The van der Waals surface area contributed by atoms with Crippen LogP contribution in [0.5, 0.6) is 0 Å². The van der Waals surface area contributed by atoms with E-state index in [1.54, 1.807) is 32.0 Å². The highest BCUT2D eigenvalue weighted by molar-refractivity contribution is 7.93. The zero-order valence-corrected chi connectivity index (χ0v) is 20.0. The third-order valence-corrected chi connectivity index (χ3v) is 7.96. The van der Waals surface area contributed by atoms with Gasteiger partial charge in [0, 0.05) is 12.1 Å². The van der Waals surface area contributed by atoms with Gasteiger partial charge < -0.3 is 0 Å². The van der Waals surface area contributed by atoms with Crippen LogP contribution in [0.1, 0.15) is 22.3 Å². The lowest BCUT2D eigenvalue weighted by atomic mass is 10.1. The Morgan fingerprint density at radius 3 is 1.70 bits per heavy atom. The maximum absolute atomic E-state index is 12.9. The molecule has 2 N–H and O–H groups in total. The number of anilines is 2. The zero-order chi connectivity index (χ0) is 24.6. The first-order valence-electron chi connectivity index (χ1n) is 9.79. The summed E-state index contributed by atoms with van der Waals surface area (Å²) in [4.78, 5) is 10.3. The lowest BCUT2D eigenvalue weighted by molar-refractivity contribution is -0.385. The van der Waals surface area contributed by atoms with E-state index in [1.165, 1.54) is 37.3 Å². The Balaban J connectivity index is 1.90. The molecule has 3 aromatic rings. The number of aryl methyl sites for hydroxylation is 4. The minimum Gasteiger partial charge on any atom is -0.279 e. The van der Waals surface area contributed by atoms with Crippen molar-refractivity contribution in [2.24, 2.45) is 0 Å². The summed E-state index contributed by atoms with van der Waals surface area (Å²) in [5, 5.41) is 10.9. The Bertz CT molecular complexity index is 1450. The molecule has 11 heteroatoms. The summed E-state index contributed by atoms with van der Waals surface area (Å²) in [6.07, 6.45) is 0. The highest BCUT2D eigenvalue weighted by Gasteiger charge is 2.21. The van der Waals surface area contributed by atoms with Crippen molar-refractivity contribution in [3.63, 3.8) is 0 Å². The van der Waals surface area contributed by atoms with Crippen molar-refractivity contribution in [1.29, 1.82) is 0 Å². The molecule has 0 aromatic heterocycles. The van der Waals surface area contributed by atoms with Gasteiger partial charge in [-0.1, -0.05) is 17.7 Å². The van der Waals surface area contributed by atoms with E-state index in [4.69, 9.17) is 0 Å². The number of nitrogens with zero attached hydrogens (tertiary/aromatic N) is 1. The molecule has 0 heterocycles. The third kappa shape index (κ3) is 5.32. The summed E-state index contributed by atoms with van der Waals surface area (Å²) in [5.74, 6) is 0. The number of sulfonamides is 2. The zero-order valence-electron chi connectivity index (χ0n) is 18.4. The average molecular weight is 490 g/mol. The summed E-state index contributed by atoms with van der Waals surface area (Å²) >= 11 is 0. The Kier molecular flexibility index (Phi) is 6.48. The van der Waals surface area contributed by atoms with Gasteiger partial charge in [-0.3, -0.25) is 19.6 Å². The quantitative estimate of drug-likeness (QED) is 0.372. The number of nitrogens with one attached hydrogen (secondary N) is 2. The summed E-state index contributed by atoms with van der Waals surface area (Å²) in [6, 6.07) is 13.0. The number of non-ortho nitro benzene ring substituents is 1. The fourth-order valence-corrected chi connectivity index (χ4v) is 5.68. The van der Waals surface area contributed by atoms with Gasteiger partial charge in [0.2, 0.25) is 0 Å². The van der Waals surface area contributed by atoms with Gasteiger partial charge in [0.05, 0.1) is 26.1 Å². The molecule has 0 saturated heterocycles. The predicted octanol–water partition coefficient (Wildman–Crippen LogP) is 4.43. The first-order chi connectivity index (χ1) is 15.3. The maximum atomic E-state index is 12.9. The molecule has 0 spiro atoms. The minimum atomic E-state index is -4.03.